The summed E-state index contributed by atoms with van der Waals surface area (Å²) in [6.45, 7) is 9.81. The van der Waals surface area contributed by atoms with E-state index in [1.54, 1.807) is 0 Å². The standard InChI is InChI=1S/C24H26N6/c1-5-17-9-7-8-10-18(17)13-16(3)23-20-14-19(11-12-21(20)26-28-23)24-25-22(27-29-24)15-30(4)6-2/h5,7-14H,1,6,15H2,2-4H3,(H,26,28)(H,25,27,29)/b16-13+. The first-order chi connectivity index (χ1) is 14.6. The van der Waals surface area contributed by atoms with Crippen LogP contribution < -0.4 is 0 Å². The fourth-order valence-corrected chi connectivity index (χ4v) is 3.45. The maximum absolute atomic E-state index is 4.66. The summed E-state index contributed by atoms with van der Waals surface area (Å²) in [6, 6.07) is 14.3. The zero-order valence-corrected chi connectivity index (χ0v) is 17.6. The monoisotopic (exact) mass is 398 g/mol. The van der Waals surface area contributed by atoms with Gasteiger partial charge < -0.3 is 0 Å². The summed E-state index contributed by atoms with van der Waals surface area (Å²) in [7, 11) is 2.06. The number of hydrogen-bond donors (Lipinski definition) is 2. The first-order valence-corrected chi connectivity index (χ1v) is 10.1. The number of rotatable bonds is 7. The average Bonchev–Trinajstić information content (AvgIpc) is 3.40. The van der Waals surface area contributed by atoms with Crippen molar-refractivity contribution in [3.8, 4) is 11.4 Å². The number of nitrogens with zero attached hydrogens (tertiary/aromatic N) is 4. The number of allylic oxidation sites excluding steroid dienone is 1. The minimum atomic E-state index is 0.696. The molecule has 0 fully saturated rings. The van der Waals surface area contributed by atoms with Gasteiger partial charge in [-0.1, -0.05) is 43.8 Å². The highest BCUT2D eigenvalue weighted by Crippen LogP contribution is 2.28. The topological polar surface area (TPSA) is 73.5 Å². The lowest BCUT2D eigenvalue weighted by molar-refractivity contribution is 0.337. The van der Waals surface area contributed by atoms with Crippen LogP contribution in [0.2, 0.25) is 0 Å². The Morgan fingerprint density at radius 2 is 1.90 bits per heavy atom. The molecule has 30 heavy (non-hydrogen) atoms. The molecule has 0 radical (unpaired) electrons. The van der Waals surface area contributed by atoms with Gasteiger partial charge in [0.1, 0.15) is 5.82 Å². The predicted molar refractivity (Wildman–Crippen MR) is 124 cm³/mol. The number of aromatic amines is 2. The second kappa shape index (κ2) is 8.47. The average molecular weight is 399 g/mol. The molecular formula is C24H26N6. The van der Waals surface area contributed by atoms with Crippen molar-refractivity contribution in [1.82, 2.24) is 30.3 Å². The predicted octanol–water partition coefficient (Wildman–Crippen LogP) is 5.00. The molecule has 0 bridgehead atoms. The molecule has 0 saturated heterocycles. The highest BCUT2D eigenvalue weighted by molar-refractivity contribution is 5.96. The number of aromatic nitrogens is 5. The Balaban J connectivity index is 1.70. The molecule has 6 heteroatoms. The van der Waals surface area contributed by atoms with E-state index in [0.29, 0.717) is 5.82 Å². The van der Waals surface area contributed by atoms with E-state index in [-0.39, 0.29) is 0 Å². The van der Waals surface area contributed by atoms with Crippen molar-refractivity contribution in [3.63, 3.8) is 0 Å². The van der Waals surface area contributed by atoms with Crippen LogP contribution in [0, 0.1) is 0 Å². The van der Waals surface area contributed by atoms with Crippen molar-refractivity contribution in [2.75, 3.05) is 13.6 Å². The summed E-state index contributed by atoms with van der Waals surface area (Å²) < 4.78 is 0. The lowest BCUT2D eigenvalue weighted by Gasteiger charge is -2.10. The van der Waals surface area contributed by atoms with Crippen molar-refractivity contribution >= 4 is 28.6 Å². The van der Waals surface area contributed by atoms with E-state index in [0.717, 1.165) is 57.8 Å². The van der Waals surface area contributed by atoms with Crippen LogP contribution in [0.3, 0.4) is 0 Å². The Kier molecular flexibility index (Phi) is 5.59. The molecule has 6 nitrogen and oxygen atoms in total. The first-order valence-electron chi connectivity index (χ1n) is 10.1. The summed E-state index contributed by atoms with van der Waals surface area (Å²) in [5.74, 6) is 1.56. The van der Waals surface area contributed by atoms with Gasteiger partial charge in [0.05, 0.1) is 17.8 Å². The number of fused-ring (bicyclic) bond motifs is 1. The van der Waals surface area contributed by atoms with Crippen molar-refractivity contribution < 1.29 is 0 Å². The van der Waals surface area contributed by atoms with Crippen LogP contribution >= 0.6 is 0 Å². The third kappa shape index (κ3) is 3.95. The molecule has 0 saturated carbocycles. The third-order valence-corrected chi connectivity index (χ3v) is 5.27. The minimum Gasteiger partial charge on any atom is -0.299 e. The van der Waals surface area contributed by atoms with Crippen molar-refractivity contribution in [3.05, 3.63) is 71.7 Å². The molecular weight excluding hydrogens is 372 g/mol. The molecule has 0 spiro atoms. The Hall–Kier alpha value is -3.51. The Labute approximate surface area is 176 Å². The van der Waals surface area contributed by atoms with E-state index >= 15 is 0 Å². The van der Waals surface area contributed by atoms with Crippen molar-refractivity contribution in [2.24, 2.45) is 0 Å². The number of benzene rings is 2. The van der Waals surface area contributed by atoms with Gasteiger partial charge in [-0.2, -0.15) is 10.2 Å². The van der Waals surface area contributed by atoms with Crippen LogP contribution in [0.5, 0.6) is 0 Å². The van der Waals surface area contributed by atoms with E-state index in [1.807, 2.05) is 30.3 Å². The SMILES string of the molecule is C=Cc1ccccc1/C=C(\C)c1n[nH]c2ccc(-c3n[nH]c(CN(C)CC)n3)cc12. The van der Waals surface area contributed by atoms with E-state index in [1.165, 1.54) is 0 Å². The zero-order valence-electron chi connectivity index (χ0n) is 17.6. The molecule has 0 aliphatic carbocycles. The lowest BCUT2D eigenvalue weighted by Crippen LogP contribution is -2.17. The van der Waals surface area contributed by atoms with Gasteiger partial charge >= 0.3 is 0 Å². The van der Waals surface area contributed by atoms with Crippen LogP contribution in [-0.4, -0.2) is 43.9 Å². The highest BCUT2D eigenvalue weighted by atomic mass is 15.2. The summed E-state index contributed by atoms with van der Waals surface area (Å²) in [5, 5.41) is 16.2. The van der Waals surface area contributed by atoms with Crippen LogP contribution in [-0.2, 0) is 6.54 Å². The maximum Gasteiger partial charge on any atom is 0.181 e. The third-order valence-electron chi connectivity index (χ3n) is 5.27. The van der Waals surface area contributed by atoms with Crippen LogP contribution in [0.15, 0.2) is 49.0 Å². The van der Waals surface area contributed by atoms with Crippen molar-refractivity contribution in [2.45, 2.75) is 20.4 Å². The normalized spacial score (nSPS) is 12.1. The molecule has 0 unspecified atom stereocenters. The van der Waals surface area contributed by atoms with Crippen molar-refractivity contribution in [1.29, 1.82) is 0 Å². The molecule has 4 aromatic rings. The van der Waals surface area contributed by atoms with Crippen LogP contribution in [0.4, 0.5) is 0 Å². The zero-order chi connectivity index (χ0) is 21.1. The van der Waals surface area contributed by atoms with Gasteiger partial charge in [0.15, 0.2) is 5.82 Å². The number of H-pyrrole nitrogens is 2. The highest BCUT2D eigenvalue weighted by Gasteiger charge is 2.12. The summed E-state index contributed by atoms with van der Waals surface area (Å²) >= 11 is 0. The molecule has 152 valence electrons. The van der Waals surface area contributed by atoms with Crippen LogP contribution in [0.1, 0.15) is 36.5 Å². The molecule has 0 aliphatic heterocycles. The summed E-state index contributed by atoms with van der Waals surface area (Å²) in [4.78, 5) is 6.84. The van der Waals surface area contributed by atoms with Gasteiger partial charge in [0, 0.05) is 10.9 Å². The fraction of sp³-hybridized carbons (Fsp3) is 0.208. The summed E-state index contributed by atoms with van der Waals surface area (Å²) in [6.07, 6.45) is 4.02. The smallest absolute Gasteiger partial charge is 0.181 e. The molecule has 0 atom stereocenters. The second-order valence-electron chi connectivity index (χ2n) is 7.43. The van der Waals surface area contributed by atoms with Crippen LogP contribution in [0.25, 0.3) is 40.0 Å². The van der Waals surface area contributed by atoms with Gasteiger partial charge in [0.25, 0.3) is 0 Å². The lowest BCUT2D eigenvalue weighted by atomic mass is 10.0. The molecule has 2 aromatic carbocycles. The van der Waals surface area contributed by atoms with E-state index in [2.05, 4.69) is 82.0 Å². The van der Waals surface area contributed by atoms with Gasteiger partial charge in [0.2, 0.25) is 0 Å². The van der Waals surface area contributed by atoms with Gasteiger partial charge in [-0.15, -0.1) is 0 Å². The Morgan fingerprint density at radius 3 is 2.67 bits per heavy atom. The molecule has 0 amide bonds. The quantitative estimate of drug-likeness (QED) is 0.459. The second-order valence-corrected chi connectivity index (χ2v) is 7.43. The molecule has 2 heterocycles. The van der Waals surface area contributed by atoms with Gasteiger partial charge in [-0.3, -0.25) is 15.1 Å². The summed E-state index contributed by atoms with van der Waals surface area (Å²) in [5.41, 5.74) is 6.17. The first kappa shape index (κ1) is 19.8. The largest absolute Gasteiger partial charge is 0.299 e. The molecule has 0 aliphatic rings. The Bertz CT molecular complexity index is 1210. The van der Waals surface area contributed by atoms with E-state index < -0.39 is 0 Å². The van der Waals surface area contributed by atoms with Gasteiger partial charge in [-0.05, 0) is 61.5 Å². The Morgan fingerprint density at radius 1 is 1.10 bits per heavy atom. The van der Waals surface area contributed by atoms with E-state index in [4.69, 9.17) is 0 Å². The fourth-order valence-electron chi connectivity index (χ4n) is 3.45. The number of hydrogen-bond acceptors (Lipinski definition) is 4. The molecule has 2 N–H and O–H groups in total. The molecule has 4 rings (SSSR count). The number of nitrogens with one attached hydrogen (secondary N) is 2. The van der Waals surface area contributed by atoms with Gasteiger partial charge in [-0.25, -0.2) is 4.98 Å². The maximum atomic E-state index is 4.66. The molecule has 2 aromatic heterocycles. The van der Waals surface area contributed by atoms with E-state index in [9.17, 15) is 0 Å². The minimum absolute atomic E-state index is 0.696.